The minimum Gasteiger partial charge on any atom is -0.322 e. The number of halogens is 2. The van der Waals surface area contributed by atoms with E-state index in [2.05, 4.69) is 26.2 Å². The summed E-state index contributed by atoms with van der Waals surface area (Å²) in [6, 6.07) is 8.47. The normalized spacial score (nSPS) is 10.0. The Labute approximate surface area is 112 Å². The van der Waals surface area contributed by atoms with E-state index in [9.17, 15) is 4.79 Å². The second-order valence-corrected chi connectivity index (χ2v) is 4.58. The molecule has 3 nitrogen and oxygen atoms in total. The van der Waals surface area contributed by atoms with Crippen LogP contribution in [0.2, 0.25) is 5.02 Å². The highest BCUT2D eigenvalue weighted by Gasteiger charge is 2.07. The van der Waals surface area contributed by atoms with Crippen molar-refractivity contribution in [3.63, 3.8) is 0 Å². The van der Waals surface area contributed by atoms with E-state index in [1.165, 1.54) is 0 Å². The van der Waals surface area contributed by atoms with Crippen molar-refractivity contribution < 1.29 is 4.79 Å². The lowest BCUT2D eigenvalue weighted by Crippen LogP contribution is -2.11. The number of nitrogens with one attached hydrogen (secondary N) is 1. The number of hydrogen-bond donors (Lipinski definition) is 1. The Hall–Kier alpha value is -1.39. The summed E-state index contributed by atoms with van der Waals surface area (Å²) in [7, 11) is 0. The number of pyridine rings is 1. The first-order valence-electron chi connectivity index (χ1n) is 4.83. The Morgan fingerprint density at radius 3 is 2.59 bits per heavy atom. The second-order valence-electron chi connectivity index (χ2n) is 3.32. The van der Waals surface area contributed by atoms with Crippen molar-refractivity contribution in [1.29, 1.82) is 0 Å². The van der Waals surface area contributed by atoms with Gasteiger partial charge in [-0.25, -0.2) is 0 Å². The fraction of sp³-hybridized carbons (Fsp3) is 0. The maximum absolute atomic E-state index is 11.9. The van der Waals surface area contributed by atoms with Crippen molar-refractivity contribution in [2.75, 3.05) is 5.32 Å². The molecule has 0 aliphatic carbocycles. The van der Waals surface area contributed by atoms with E-state index in [-0.39, 0.29) is 5.91 Å². The number of anilines is 1. The number of benzene rings is 1. The van der Waals surface area contributed by atoms with Crippen molar-refractivity contribution in [3.05, 3.63) is 57.8 Å². The molecule has 86 valence electrons. The van der Waals surface area contributed by atoms with Gasteiger partial charge >= 0.3 is 0 Å². The van der Waals surface area contributed by atoms with Gasteiger partial charge < -0.3 is 5.32 Å². The molecule has 5 heteroatoms. The maximum atomic E-state index is 11.9. The molecule has 0 saturated heterocycles. The Morgan fingerprint density at radius 1 is 1.24 bits per heavy atom. The molecule has 0 radical (unpaired) electrons. The summed E-state index contributed by atoms with van der Waals surface area (Å²) in [5, 5.41) is 3.34. The van der Waals surface area contributed by atoms with Gasteiger partial charge in [0.05, 0.1) is 5.02 Å². The Balaban J connectivity index is 2.18. The standard InChI is InChI=1S/C12H8BrClN2O/c13-10-7-8(1-2-11(10)14)12(17)16-9-3-5-15-6-4-9/h1-7H,(H,15,16,17). The summed E-state index contributed by atoms with van der Waals surface area (Å²) in [5.74, 6) is -0.187. The number of hydrogen-bond acceptors (Lipinski definition) is 2. The molecule has 1 aromatic carbocycles. The smallest absolute Gasteiger partial charge is 0.255 e. The lowest BCUT2D eigenvalue weighted by molar-refractivity contribution is 0.102. The van der Waals surface area contributed by atoms with E-state index < -0.39 is 0 Å². The van der Waals surface area contributed by atoms with Gasteiger partial charge in [-0.1, -0.05) is 11.6 Å². The molecule has 0 unspecified atom stereocenters. The lowest BCUT2D eigenvalue weighted by Gasteiger charge is -2.05. The van der Waals surface area contributed by atoms with Crippen LogP contribution in [-0.4, -0.2) is 10.9 Å². The van der Waals surface area contributed by atoms with Crippen LogP contribution in [0.1, 0.15) is 10.4 Å². The number of nitrogens with zero attached hydrogens (tertiary/aromatic N) is 1. The highest BCUT2D eigenvalue weighted by molar-refractivity contribution is 9.10. The van der Waals surface area contributed by atoms with Crippen LogP contribution in [-0.2, 0) is 0 Å². The third-order valence-electron chi connectivity index (χ3n) is 2.12. The molecule has 0 aliphatic rings. The predicted molar refractivity (Wildman–Crippen MR) is 71.3 cm³/mol. The number of carbonyl (C=O) groups is 1. The van der Waals surface area contributed by atoms with Gasteiger partial charge in [0.2, 0.25) is 0 Å². The molecule has 0 spiro atoms. The molecule has 0 atom stereocenters. The largest absolute Gasteiger partial charge is 0.322 e. The van der Waals surface area contributed by atoms with Gasteiger partial charge in [-0.3, -0.25) is 9.78 Å². The monoisotopic (exact) mass is 310 g/mol. The molecule has 0 aliphatic heterocycles. The topological polar surface area (TPSA) is 42.0 Å². The number of rotatable bonds is 2. The van der Waals surface area contributed by atoms with E-state index in [1.54, 1.807) is 42.7 Å². The molecule has 2 aromatic rings. The molecule has 1 N–H and O–H groups in total. The van der Waals surface area contributed by atoms with Crippen molar-refractivity contribution in [2.45, 2.75) is 0 Å². The molecule has 0 fully saturated rings. The molecule has 0 bridgehead atoms. The Morgan fingerprint density at radius 2 is 1.94 bits per heavy atom. The Kier molecular flexibility index (Phi) is 3.76. The van der Waals surface area contributed by atoms with Crippen LogP contribution in [0.5, 0.6) is 0 Å². The first-order valence-corrected chi connectivity index (χ1v) is 6.00. The molecular weight excluding hydrogens is 304 g/mol. The van der Waals surface area contributed by atoms with Gasteiger partial charge in [0, 0.05) is 28.1 Å². The maximum Gasteiger partial charge on any atom is 0.255 e. The zero-order valence-corrected chi connectivity index (χ0v) is 11.0. The molecule has 1 aromatic heterocycles. The summed E-state index contributed by atoms with van der Waals surface area (Å²) in [6.07, 6.45) is 3.24. The van der Waals surface area contributed by atoms with E-state index in [4.69, 9.17) is 11.6 Å². The average molecular weight is 312 g/mol. The van der Waals surface area contributed by atoms with Gasteiger partial charge in [-0.15, -0.1) is 0 Å². The van der Waals surface area contributed by atoms with Crippen molar-refractivity contribution in [1.82, 2.24) is 4.98 Å². The summed E-state index contributed by atoms with van der Waals surface area (Å²) in [4.78, 5) is 15.8. The summed E-state index contributed by atoms with van der Waals surface area (Å²) in [5.41, 5.74) is 1.24. The van der Waals surface area contributed by atoms with Gasteiger partial charge in [0.25, 0.3) is 5.91 Å². The van der Waals surface area contributed by atoms with E-state index in [0.717, 1.165) is 0 Å². The first kappa shape index (κ1) is 12.1. The second kappa shape index (κ2) is 5.29. The fourth-order valence-electron chi connectivity index (χ4n) is 1.28. The molecule has 2 rings (SSSR count). The molecule has 1 amide bonds. The number of aromatic nitrogens is 1. The number of amides is 1. The minimum atomic E-state index is -0.187. The molecule has 17 heavy (non-hydrogen) atoms. The minimum absolute atomic E-state index is 0.187. The molecule has 0 saturated carbocycles. The lowest BCUT2D eigenvalue weighted by atomic mass is 10.2. The highest BCUT2D eigenvalue weighted by Crippen LogP contribution is 2.23. The van der Waals surface area contributed by atoms with Crippen LogP contribution in [0.15, 0.2) is 47.2 Å². The van der Waals surface area contributed by atoms with Crippen molar-refractivity contribution in [3.8, 4) is 0 Å². The summed E-state index contributed by atoms with van der Waals surface area (Å²) >= 11 is 9.14. The highest BCUT2D eigenvalue weighted by atomic mass is 79.9. The SMILES string of the molecule is O=C(Nc1ccncc1)c1ccc(Cl)c(Br)c1. The molecular formula is C12H8BrClN2O. The first-order chi connectivity index (χ1) is 8.16. The van der Waals surface area contributed by atoms with Crippen LogP contribution in [0.4, 0.5) is 5.69 Å². The number of carbonyl (C=O) groups excluding carboxylic acids is 1. The average Bonchev–Trinajstić information content (AvgIpc) is 2.34. The van der Waals surface area contributed by atoms with Gasteiger partial charge in [-0.2, -0.15) is 0 Å². The fourth-order valence-corrected chi connectivity index (χ4v) is 1.77. The van der Waals surface area contributed by atoms with Crippen LogP contribution in [0, 0.1) is 0 Å². The van der Waals surface area contributed by atoms with E-state index in [0.29, 0.717) is 20.7 Å². The predicted octanol–water partition coefficient (Wildman–Crippen LogP) is 3.75. The van der Waals surface area contributed by atoms with Crippen LogP contribution >= 0.6 is 27.5 Å². The van der Waals surface area contributed by atoms with Gasteiger partial charge in [0.1, 0.15) is 0 Å². The van der Waals surface area contributed by atoms with Crippen molar-refractivity contribution in [2.24, 2.45) is 0 Å². The third kappa shape index (κ3) is 3.05. The summed E-state index contributed by atoms with van der Waals surface area (Å²) < 4.78 is 0.696. The van der Waals surface area contributed by atoms with E-state index in [1.807, 2.05) is 0 Å². The summed E-state index contributed by atoms with van der Waals surface area (Å²) in [6.45, 7) is 0. The van der Waals surface area contributed by atoms with Crippen LogP contribution in [0.3, 0.4) is 0 Å². The van der Waals surface area contributed by atoms with Crippen LogP contribution < -0.4 is 5.32 Å². The van der Waals surface area contributed by atoms with Crippen molar-refractivity contribution >= 4 is 39.1 Å². The quantitative estimate of drug-likeness (QED) is 0.918. The van der Waals surface area contributed by atoms with Gasteiger partial charge in [-0.05, 0) is 46.3 Å². The third-order valence-corrected chi connectivity index (χ3v) is 3.33. The van der Waals surface area contributed by atoms with Gasteiger partial charge in [0.15, 0.2) is 0 Å². The Bertz CT molecular complexity index is 545. The van der Waals surface area contributed by atoms with E-state index >= 15 is 0 Å². The zero-order valence-electron chi connectivity index (χ0n) is 8.65. The zero-order chi connectivity index (χ0) is 12.3. The van der Waals surface area contributed by atoms with Crippen LogP contribution in [0.25, 0.3) is 0 Å². The molecule has 1 heterocycles.